The van der Waals surface area contributed by atoms with E-state index in [1.807, 2.05) is 0 Å². The van der Waals surface area contributed by atoms with Crippen LogP contribution in [0.25, 0.3) is 0 Å². The summed E-state index contributed by atoms with van der Waals surface area (Å²) in [5.74, 6) is 0. The van der Waals surface area contributed by atoms with Crippen LogP contribution in [0.15, 0.2) is 0 Å². The summed E-state index contributed by atoms with van der Waals surface area (Å²) < 4.78 is 12.2. The average Bonchev–Trinajstić information content (AvgIpc) is 2.50. The molecule has 0 spiro atoms. The highest BCUT2D eigenvalue weighted by molar-refractivity contribution is 7.87. The monoisotopic (exact) mass is 217 g/mol. The highest BCUT2D eigenvalue weighted by Crippen LogP contribution is 2.29. The molecule has 0 radical (unpaired) electrons. The second-order valence-corrected chi connectivity index (χ2v) is 7.47. The molecule has 0 heterocycles. The zero-order valence-corrected chi connectivity index (χ0v) is 10.6. The molecule has 2 nitrogen and oxygen atoms in total. The fourth-order valence-corrected chi connectivity index (χ4v) is 3.95. The highest BCUT2D eigenvalue weighted by Gasteiger charge is 2.36. The van der Waals surface area contributed by atoms with Gasteiger partial charge in [-0.15, -0.1) is 0 Å². The summed E-state index contributed by atoms with van der Waals surface area (Å²) in [4.78, 5) is 0. The van der Waals surface area contributed by atoms with Gasteiger partial charge in [0.1, 0.15) is 0 Å². The topological polar surface area (TPSA) is 29.1 Å². The molecule has 1 N–H and O–H groups in total. The van der Waals surface area contributed by atoms with E-state index in [0.717, 1.165) is 13.0 Å². The van der Waals surface area contributed by atoms with E-state index >= 15 is 0 Å². The molecule has 14 heavy (non-hydrogen) atoms. The van der Waals surface area contributed by atoms with Gasteiger partial charge < -0.3 is 5.32 Å². The van der Waals surface area contributed by atoms with Crippen molar-refractivity contribution in [2.24, 2.45) is 0 Å². The molecule has 0 aliphatic heterocycles. The summed E-state index contributed by atoms with van der Waals surface area (Å²) in [6.45, 7) is 9.33. The fourth-order valence-electron chi connectivity index (χ4n) is 2.13. The molecule has 0 saturated heterocycles. The van der Waals surface area contributed by atoms with Crippen molar-refractivity contribution in [2.45, 2.75) is 63.0 Å². The molecule has 1 fully saturated rings. The third-order valence-electron chi connectivity index (χ3n) is 2.80. The molecule has 84 valence electrons. The van der Waals surface area contributed by atoms with Crippen molar-refractivity contribution in [3.05, 3.63) is 0 Å². The van der Waals surface area contributed by atoms with Crippen molar-refractivity contribution in [3.8, 4) is 0 Å². The molecule has 0 bridgehead atoms. The van der Waals surface area contributed by atoms with Crippen LogP contribution in [-0.2, 0) is 10.8 Å². The minimum atomic E-state index is -0.707. The van der Waals surface area contributed by atoms with Crippen LogP contribution in [0, 0.1) is 0 Å². The molecule has 1 rings (SSSR count). The van der Waals surface area contributed by atoms with Crippen molar-refractivity contribution in [2.75, 3.05) is 6.54 Å². The standard InChI is InChI=1S/C11H23NOS/c1-5-12-9-7-6-8-10(9)14(13)11(2,3)4/h9-10,12H,5-8H2,1-4H3. The summed E-state index contributed by atoms with van der Waals surface area (Å²) in [6, 6.07) is 0.486. The van der Waals surface area contributed by atoms with Crippen LogP contribution >= 0.6 is 0 Å². The van der Waals surface area contributed by atoms with Gasteiger partial charge >= 0.3 is 0 Å². The van der Waals surface area contributed by atoms with E-state index in [0.29, 0.717) is 11.3 Å². The van der Waals surface area contributed by atoms with E-state index in [1.54, 1.807) is 0 Å². The maximum atomic E-state index is 12.2. The van der Waals surface area contributed by atoms with Crippen LogP contribution in [-0.4, -0.2) is 26.8 Å². The van der Waals surface area contributed by atoms with Gasteiger partial charge in [-0.05, 0) is 40.2 Å². The van der Waals surface area contributed by atoms with Crippen molar-refractivity contribution in [3.63, 3.8) is 0 Å². The predicted molar refractivity (Wildman–Crippen MR) is 63.0 cm³/mol. The minimum Gasteiger partial charge on any atom is -0.313 e. The van der Waals surface area contributed by atoms with E-state index in [1.165, 1.54) is 12.8 Å². The van der Waals surface area contributed by atoms with Crippen LogP contribution in [0.2, 0.25) is 0 Å². The van der Waals surface area contributed by atoms with E-state index in [-0.39, 0.29) is 4.75 Å². The first-order valence-corrected chi connectivity index (χ1v) is 6.82. The van der Waals surface area contributed by atoms with Crippen LogP contribution in [0.1, 0.15) is 47.0 Å². The number of rotatable bonds is 3. The Balaban J connectivity index is 2.62. The summed E-state index contributed by atoms with van der Waals surface area (Å²) in [7, 11) is -0.707. The lowest BCUT2D eigenvalue weighted by Gasteiger charge is -2.27. The van der Waals surface area contributed by atoms with Gasteiger partial charge in [0.05, 0.1) is 5.25 Å². The third-order valence-corrected chi connectivity index (χ3v) is 5.12. The smallest absolute Gasteiger partial charge is 0.0506 e. The lowest BCUT2D eigenvalue weighted by molar-refractivity contribution is 0.533. The molecule has 3 unspecified atom stereocenters. The van der Waals surface area contributed by atoms with Crippen molar-refractivity contribution < 1.29 is 4.21 Å². The quantitative estimate of drug-likeness (QED) is 0.784. The Kier molecular flexibility index (Phi) is 4.14. The average molecular weight is 217 g/mol. The molecule has 1 aliphatic rings. The highest BCUT2D eigenvalue weighted by atomic mass is 32.2. The zero-order chi connectivity index (χ0) is 10.8. The first-order chi connectivity index (χ1) is 6.46. The largest absolute Gasteiger partial charge is 0.313 e. The van der Waals surface area contributed by atoms with Gasteiger partial charge in [-0.2, -0.15) is 0 Å². The van der Waals surface area contributed by atoms with E-state index < -0.39 is 10.8 Å². The summed E-state index contributed by atoms with van der Waals surface area (Å²) in [5.41, 5.74) is 0. The van der Waals surface area contributed by atoms with Gasteiger partial charge in [-0.1, -0.05) is 13.3 Å². The maximum Gasteiger partial charge on any atom is 0.0506 e. The molecule has 3 atom stereocenters. The lowest BCUT2D eigenvalue weighted by Crippen LogP contribution is -2.42. The van der Waals surface area contributed by atoms with Gasteiger partial charge in [-0.25, -0.2) is 0 Å². The lowest BCUT2D eigenvalue weighted by atomic mass is 10.2. The Labute approximate surface area is 90.3 Å². The van der Waals surface area contributed by atoms with Crippen LogP contribution in [0.5, 0.6) is 0 Å². The summed E-state index contributed by atoms with van der Waals surface area (Å²) >= 11 is 0. The van der Waals surface area contributed by atoms with Gasteiger partial charge in [-0.3, -0.25) is 4.21 Å². The summed E-state index contributed by atoms with van der Waals surface area (Å²) in [6.07, 6.45) is 3.55. The Hall–Kier alpha value is 0.110. The Morgan fingerprint density at radius 3 is 2.50 bits per heavy atom. The number of hydrogen-bond donors (Lipinski definition) is 1. The Morgan fingerprint density at radius 2 is 2.00 bits per heavy atom. The Morgan fingerprint density at radius 1 is 1.36 bits per heavy atom. The second kappa shape index (κ2) is 4.75. The van der Waals surface area contributed by atoms with Gasteiger partial charge in [0, 0.05) is 21.6 Å². The molecular formula is C11H23NOS. The molecular weight excluding hydrogens is 194 g/mol. The number of hydrogen-bond acceptors (Lipinski definition) is 2. The first-order valence-electron chi connectivity index (χ1n) is 5.61. The molecule has 0 aromatic carbocycles. The molecule has 0 aromatic heterocycles. The Bertz CT molecular complexity index is 210. The van der Waals surface area contributed by atoms with E-state index in [9.17, 15) is 4.21 Å². The molecule has 1 saturated carbocycles. The van der Waals surface area contributed by atoms with E-state index in [2.05, 4.69) is 33.0 Å². The SMILES string of the molecule is CCNC1CCCC1S(=O)C(C)(C)C. The maximum absolute atomic E-state index is 12.2. The minimum absolute atomic E-state index is 0.0668. The normalized spacial score (nSPS) is 30.6. The van der Waals surface area contributed by atoms with Gasteiger partial charge in [0.15, 0.2) is 0 Å². The first kappa shape index (κ1) is 12.2. The second-order valence-electron chi connectivity index (χ2n) is 5.04. The fraction of sp³-hybridized carbons (Fsp3) is 1.00. The molecule has 0 amide bonds. The summed E-state index contributed by atoms with van der Waals surface area (Å²) in [5, 5.41) is 3.82. The van der Waals surface area contributed by atoms with Crippen molar-refractivity contribution >= 4 is 10.8 Å². The van der Waals surface area contributed by atoms with Crippen molar-refractivity contribution in [1.29, 1.82) is 0 Å². The van der Waals surface area contributed by atoms with Gasteiger partial charge in [0.25, 0.3) is 0 Å². The number of nitrogens with one attached hydrogen (secondary N) is 1. The molecule has 1 aliphatic carbocycles. The predicted octanol–water partition coefficient (Wildman–Crippen LogP) is 2.06. The van der Waals surface area contributed by atoms with Gasteiger partial charge in [0.2, 0.25) is 0 Å². The zero-order valence-electron chi connectivity index (χ0n) is 9.80. The van der Waals surface area contributed by atoms with Crippen LogP contribution in [0.3, 0.4) is 0 Å². The van der Waals surface area contributed by atoms with Crippen LogP contribution < -0.4 is 5.32 Å². The molecule has 3 heteroatoms. The third kappa shape index (κ3) is 2.80. The van der Waals surface area contributed by atoms with Crippen molar-refractivity contribution in [1.82, 2.24) is 5.32 Å². The van der Waals surface area contributed by atoms with Crippen LogP contribution in [0.4, 0.5) is 0 Å². The van der Waals surface area contributed by atoms with E-state index in [4.69, 9.17) is 0 Å². The molecule has 0 aromatic rings.